The van der Waals surface area contributed by atoms with Crippen molar-refractivity contribution >= 4 is 108 Å². The summed E-state index contributed by atoms with van der Waals surface area (Å²) in [5, 5.41) is 0. The van der Waals surface area contributed by atoms with Crippen LogP contribution in [-0.4, -0.2) is 52.4 Å². The summed E-state index contributed by atoms with van der Waals surface area (Å²) in [6.07, 6.45) is 0. The Morgan fingerprint density at radius 1 is 0.737 bits per heavy atom. The Hall–Kier alpha value is 1.47. The number of alkyl halides is 3. The van der Waals surface area contributed by atoms with Gasteiger partial charge in [-0.15, -0.1) is 0 Å². The summed E-state index contributed by atoms with van der Waals surface area (Å²) in [6.45, 7) is 4.91. The van der Waals surface area contributed by atoms with E-state index < -0.39 is 52.4 Å². The van der Waals surface area contributed by atoms with Crippen LogP contribution in [0.3, 0.4) is 0 Å². The van der Waals surface area contributed by atoms with Crippen molar-refractivity contribution < 1.29 is 22.9 Å². The van der Waals surface area contributed by atoms with Gasteiger partial charge in [0.2, 0.25) is 0 Å². The molecule has 0 rings (SSSR count). The van der Waals surface area contributed by atoms with Crippen LogP contribution in [-0.2, 0) is 22.9 Å². The molecule has 0 saturated carbocycles. The molecule has 0 aliphatic heterocycles. The van der Waals surface area contributed by atoms with Gasteiger partial charge in [0.25, 0.3) is 0 Å². The predicted molar refractivity (Wildman–Crippen MR) is 94.5 cm³/mol. The van der Waals surface area contributed by atoms with Gasteiger partial charge in [-0.1, -0.05) is 0 Å². The minimum atomic E-state index is -3.91. The molecule has 19 heavy (non-hydrogen) atoms. The van der Waals surface area contributed by atoms with Crippen LogP contribution < -0.4 is 0 Å². The zero-order valence-electron chi connectivity index (χ0n) is 10.4. The van der Waals surface area contributed by atoms with E-state index in [1.807, 2.05) is 67.8 Å². The van der Waals surface area contributed by atoms with Crippen molar-refractivity contribution in [3.8, 4) is 0 Å². The number of halogens is 3. The van der Waals surface area contributed by atoms with Crippen LogP contribution in [0.4, 0.5) is 0 Å². The standard InChI is InChI=1S/3C3H5IO2.In/c3*1-2(4)3(5)6;/h3*2H,1H3,(H,5,6);/q;;;+3/p-3. The molecule has 108 valence electrons. The Kier molecular flexibility index (Phi) is 11.0. The molecule has 0 N–H and O–H groups in total. The number of rotatable bonds is 6. The molecule has 0 aliphatic carbocycles. The Labute approximate surface area is 161 Å². The quantitative estimate of drug-likeness (QED) is 0.311. The maximum absolute atomic E-state index is 11.5. The molecule has 0 spiro atoms. The van der Waals surface area contributed by atoms with Crippen LogP contribution in [0.25, 0.3) is 0 Å². The average Bonchev–Trinajstić information content (AvgIpc) is 2.27. The number of carbonyl (C=O) groups is 3. The summed E-state index contributed by atoms with van der Waals surface area (Å²) in [4.78, 5) is 34.5. The first-order chi connectivity index (χ1) is 8.65. The summed E-state index contributed by atoms with van der Waals surface area (Å²) in [7, 11) is 0. The van der Waals surface area contributed by atoms with Crippen molar-refractivity contribution in [1.82, 2.24) is 0 Å². The van der Waals surface area contributed by atoms with Crippen molar-refractivity contribution in [1.29, 1.82) is 0 Å². The molecule has 0 aliphatic rings. The summed E-state index contributed by atoms with van der Waals surface area (Å²) in [5.41, 5.74) is 0. The van der Waals surface area contributed by atoms with Crippen molar-refractivity contribution in [2.45, 2.75) is 32.5 Å². The van der Waals surface area contributed by atoms with Crippen LogP contribution in [0.5, 0.6) is 0 Å². The van der Waals surface area contributed by atoms with E-state index in [-0.39, 0.29) is 0 Å². The molecule has 0 saturated heterocycles. The van der Waals surface area contributed by atoms with Crippen molar-refractivity contribution in [2.24, 2.45) is 0 Å². The van der Waals surface area contributed by atoms with Gasteiger partial charge in [0, 0.05) is 0 Å². The molecule has 0 amide bonds. The Morgan fingerprint density at radius 3 is 1.11 bits per heavy atom. The molecule has 3 unspecified atom stereocenters. The Balaban J connectivity index is 4.68. The molecular weight excluding hydrogens is 700 g/mol. The van der Waals surface area contributed by atoms with Gasteiger partial charge < -0.3 is 0 Å². The third-order valence-electron chi connectivity index (χ3n) is 1.61. The van der Waals surface area contributed by atoms with Gasteiger partial charge in [0.05, 0.1) is 0 Å². The predicted octanol–water partition coefficient (Wildman–Crippen LogP) is 2.07. The molecule has 10 heteroatoms. The molecule has 0 aromatic heterocycles. The van der Waals surface area contributed by atoms with Crippen LogP contribution in [0.15, 0.2) is 0 Å². The van der Waals surface area contributed by atoms with E-state index in [4.69, 9.17) is 8.56 Å². The van der Waals surface area contributed by atoms with Gasteiger partial charge in [-0.3, -0.25) is 0 Å². The minimum absolute atomic E-state index is 0.400. The topological polar surface area (TPSA) is 78.9 Å². The molecular formula is C9H12I3InO6. The summed E-state index contributed by atoms with van der Waals surface area (Å²) in [5.74, 6) is -1.61. The third kappa shape index (κ3) is 9.16. The molecule has 3 atom stereocenters. The molecule has 0 aromatic rings. The van der Waals surface area contributed by atoms with E-state index >= 15 is 0 Å². The van der Waals surface area contributed by atoms with Gasteiger partial charge in [-0.25, -0.2) is 0 Å². The second-order valence-electron chi connectivity index (χ2n) is 3.45. The average molecular weight is 712 g/mol. The van der Waals surface area contributed by atoms with Crippen molar-refractivity contribution in [3.63, 3.8) is 0 Å². The van der Waals surface area contributed by atoms with E-state index in [1.54, 1.807) is 20.8 Å². The van der Waals surface area contributed by atoms with Crippen LogP contribution in [0.2, 0.25) is 0 Å². The van der Waals surface area contributed by atoms with E-state index in [9.17, 15) is 14.4 Å². The van der Waals surface area contributed by atoms with E-state index in [0.29, 0.717) is 0 Å². The molecule has 0 aromatic carbocycles. The zero-order valence-corrected chi connectivity index (χ0v) is 20.2. The fraction of sp³-hybridized carbons (Fsp3) is 0.667. The van der Waals surface area contributed by atoms with Gasteiger partial charge in [0.1, 0.15) is 0 Å². The third-order valence-corrected chi connectivity index (χ3v) is 6.77. The van der Waals surface area contributed by atoms with Gasteiger partial charge in [-0.05, 0) is 0 Å². The summed E-state index contributed by atoms with van der Waals surface area (Å²) < 4.78 is 13.9. The molecule has 0 radical (unpaired) electrons. The van der Waals surface area contributed by atoms with Gasteiger partial charge in [0.15, 0.2) is 0 Å². The fourth-order valence-corrected chi connectivity index (χ4v) is 7.23. The first kappa shape index (κ1) is 20.5. The SMILES string of the molecule is CC(I)C(=O)[O][In]([O]C(=O)C(C)I)[O]C(=O)C(C)I. The van der Waals surface area contributed by atoms with E-state index in [2.05, 4.69) is 0 Å². The monoisotopic (exact) mass is 712 g/mol. The summed E-state index contributed by atoms with van der Waals surface area (Å²) >= 11 is 1.71. The first-order valence-electron chi connectivity index (χ1n) is 5.18. The first-order valence-corrected chi connectivity index (χ1v) is 13.0. The van der Waals surface area contributed by atoms with Crippen LogP contribution in [0.1, 0.15) is 20.8 Å². The van der Waals surface area contributed by atoms with Crippen molar-refractivity contribution in [2.75, 3.05) is 0 Å². The second-order valence-corrected chi connectivity index (χ2v) is 12.7. The maximum atomic E-state index is 11.5. The Morgan fingerprint density at radius 2 is 0.947 bits per heavy atom. The second kappa shape index (κ2) is 10.2. The van der Waals surface area contributed by atoms with Crippen LogP contribution in [0, 0.1) is 0 Å². The van der Waals surface area contributed by atoms with E-state index in [0.717, 1.165) is 0 Å². The summed E-state index contributed by atoms with van der Waals surface area (Å²) in [6, 6.07) is 0. The van der Waals surface area contributed by atoms with Crippen LogP contribution >= 0.6 is 67.8 Å². The molecule has 0 fully saturated rings. The van der Waals surface area contributed by atoms with Crippen molar-refractivity contribution in [3.05, 3.63) is 0 Å². The fourth-order valence-electron chi connectivity index (χ4n) is 0.638. The zero-order chi connectivity index (χ0) is 15.2. The molecule has 0 heterocycles. The number of hydrogen-bond donors (Lipinski definition) is 0. The van der Waals surface area contributed by atoms with Gasteiger partial charge in [-0.2, -0.15) is 0 Å². The number of hydrogen-bond acceptors (Lipinski definition) is 6. The van der Waals surface area contributed by atoms with E-state index in [1.165, 1.54) is 0 Å². The molecule has 6 nitrogen and oxygen atoms in total. The normalized spacial score (nSPS) is 14.8. The molecule has 0 bridgehead atoms. The number of carbonyl (C=O) groups excluding carboxylic acids is 3. The Bertz CT molecular complexity index is 295. The van der Waals surface area contributed by atoms with Gasteiger partial charge >= 0.3 is 164 Å².